The topological polar surface area (TPSA) is 12.0 Å². The first-order chi connectivity index (χ1) is 9.63. The average molecular weight is 290 g/mol. The van der Waals surface area contributed by atoms with Crippen molar-refractivity contribution in [3.05, 3.63) is 64.4 Å². The van der Waals surface area contributed by atoms with Gasteiger partial charge in [0, 0.05) is 11.7 Å². The molecule has 1 aliphatic rings. The van der Waals surface area contributed by atoms with Gasteiger partial charge in [0.25, 0.3) is 0 Å². The van der Waals surface area contributed by atoms with Crippen LogP contribution in [0.4, 0.5) is 10.1 Å². The van der Waals surface area contributed by atoms with Crippen molar-refractivity contribution in [2.75, 3.05) is 5.32 Å². The van der Waals surface area contributed by atoms with E-state index in [0.29, 0.717) is 12.0 Å². The predicted octanol–water partition coefficient (Wildman–Crippen LogP) is 5.15. The van der Waals surface area contributed by atoms with Crippen molar-refractivity contribution in [2.24, 2.45) is 0 Å². The first-order valence-electron chi connectivity index (χ1n) is 6.90. The molecule has 0 aliphatic heterocycles. The van der Waals surface area contributed by atoms with E-state index in [4.69, 9.17) is 11.6 Å². The highest BCUT2D eigenvalue weighted by molar-refractivity contribution is 6.31. The normalized spacial score (nSPS) is 21.4. The van der Waals surface area contributed by atoms with Crippen LogP contribution in [0.3, 0.4) is 0 Å². The predicted molar refractivity (Wildman–Crippen MR) is 82.0 cm³/mol. The van der Waals surface area contributed by atoms with Gasteiger partial charge in [-0.15, -0.1) is 0 Å². The van der Waals surface area contributed by atoms with Gasteiger partial charge in [-0.1, -0.05) is 35.9 Å². The molecule has 104 valence electrons. The summed E-state index contributed by atoms with van der Waals surface area (Å²) in [5, 5.41) is 3.59. The van der Waals surface area contributed by atoms with Gasteiger partial charge in [-0.3, -0.25) is 0 Å². The van der Waals surface area contributed by atoms with Crippen LogP contribution in [0.1, 0.15) is 29.9 Å². The Bertz CT molecular complexity index is 620. The lowest BCUT2D eigenvalue weighted by atomic mass is 9.74. The second-order valence-electron chi connectivity index (χ2n) is 5.50. The van der Waals surface area contributed by atoms with Crippen molar-refractivity contribution in [3.8, 4) is 0 Å². The SMILES string of the molecule is Cc1ccccc1C1CC(Nc2ccc(F)c(Cl)c2)C1. The van der Waals surface area contributed by atoms with Gasteiger partial charge in [-0.05, 0) is 55.0 Å². The molecule has 0 radical (unpaired) electrons. The van der Waals surface area contributed by atoms with Crippen molar-refractivity contribution in [1.82, 2.24) is 0 Å². The van der Waals surface area contributed by atoms with Gasteiger partial charge in [0.15, 0.2) is 0 Å². The molecule has 1 N–H and O–H groups in total. The van der Waals surface area contributed by atoms with Gasteiger partial charge in [-0.2, -0.15) is 0 Å². The lowest BCUT2D eigenvalue weighted by molar-refractivity contribution is 0.373. The molecule has 2 aromatic carbocycles. The standard InChI is InChI=1S/C17H17ClFN/c1-11-4-2-3-5-15(11)12-8-14(9-12)20-13-6-7-17(19)16(18)10-13/h2-7,10,12,14,20H,8-9H2,1H3. The van der Waals surface area contributed by atoms with Gasteiger partial charge in [-0.25, -0.2) is 4.39 Å². The minimum atomic E-state index is -0.372. The zero-order chi connectivity index (χ0) is 14.1. The second-order valence-corrected chi connectivity index (χ2v) is 5.90. The molecule has 0 amide bonds. The molecule has 0 aromatic heterocycles. The van der Waals surface area contributed by atoms with Crippen molar-refractivity contribution in [3.63, 3.8) is 0 Å². The van der Waals surface area contributed by atoms with Crippen LogP contribution in [-0.2, 0) is 0 Å². The van der Waals surface area contributed by atoms with Crippen LogP contribution < -0.4 is 5.32 Å². The van der Waals surface area contributed by atoms with E-state index in [1.807, 2.05) is 0 Å². The third-order valence-corrected chi connectivity index (χ3v) is 4.35. The van der Waals surface area contributed by atoms with Crippen molar-refractivity contribution < 1.29 is 4.39 Å². The third kappa shape index (κ3) is 2.66. The van der Waals surface area contributed by atoms with Crippen LogP contribution in [-0.4, -0.2) is 6.04 Å². The molecule has 3 heteroatoms. The fourth-order valence-corrected chi connectivity index (χ4v) is 3.04. The lowest BCUT2D eigenvalue weighted by Gasteiger charge is -2.37. The van der Waals surface area contributed by atoms with Gasteiger partial charge < -0.3 is 5.32 Å². The quantitative estimate of drug-likeness (QED) is 0.824. The summed E-state index contributed by atoms with van der Waals surface area (Å²) in [5.41, 5.74) is 3.70. The number of benzene rings is 2. The van der Waals surface area contributed by atoms with Gasteiger partial charge in [0.1, 0.15) is 5.82 Å². The molecular weight excluding hydrogens is 273 g/mol. The minimum Gasteiger partial charge on any atom is -0.382 e. The Morgan fingerprint density at radius 1 is 1.15 bits per heavy atom. The summed E-state index contributed by atoms with van der Waals surface area (Å²) in [4.78, 5) is 0. The van der Waals surface area contributed by atoms with Crippen molar-refractivity contribution in [1.29, 1.82) is 0 Å². The molecule has 2 aromatic rings. The largest absolute Gasteiger partial charge is 0.382 e. The van der Waals surface area contributed by atoms with E-state index in [0.717, 1.165) is 18.5 Å². The summed E-state index contributed by atoms with van der Waals surface area (Å²) >= 11 is 5.79. The minimum absolute atomic E-state index is 0.171. The monoisotopic (exact) mass is 289 g/mol. The maximum absolute atomic E-state index is 13.1. The molecule has 1 aliphatic carbocycles. The molecule has 0 unspecified atom stereocenters. The van der Waals surface area contributed by atoms with Gasteiger partial charge >= 0.3 is 0 Å². The second kappa shape index (κ2) is 5.45. The Morgan fingerprint density at radius 3 is 2.60 bits per heavy atom. The molecule has 0 saturated heterocycles. The molecule has 1 nitrogen and oxygen atoms in total. The van der Waals surface area contributed by atoms with Crippen molar-refractivity contribution >= 4 is 17.3 Å². The molecule has 0 atom stereocenters. The van der Waals surface area contributed by atoms with Crippen molar-refractivity contribution in [2.45, 2.75) is 31.7 Å². The highest BCUT2D eigenvalue weighted by Crippen LogP contribution is 2.39. The number of halogens is 2. The summed E-state index contributed by atoms with van der Waals surface area (Å²) in [6.45, 7) is 2.16. The van der Waals surface area contributed by atoms with Crippen LogP contribution in [0.2, 0.25) is 5.02 Å². The summed E-state index contributed by atoms with van der Waals surface area (Å²) < 4.78 is 13.1. The first kappa shape index (κ1) is 13.4. The molecule has 0 heterocycles. The molecule has 1 fully saturated rings. The summed E-state index contributed by atoms with van der Waals surface area (Å²) in [6, 6.07) is 13.8. The van der Waals surface area contributed by atoms with Gasteiger partial charge in [0.2, 0.25) is 0 Å². The molecular formula is C17H17ClFN. The molecule has 1 saturated carbocycles. The maximum atomic E-state index is 13.1. The Kier molecular flexibility index (Phi) is 3.66. The maximum Gasteiger partial charge on any atom is 0.141 e. The van der Waals surface area contributed by atoms with Gasteiger partial charge in [0.05, 0.1) is 5.02 Å². The Morgan fingerprint density at radius 2 is 1.90 bits per heavy atom. The Balaban J connectivity index is 1.61. The highest BCUT2D eigenvalue weighted by Gasteiger charge is 2.30. The van der Waals surface area contributed by atoms with E-state index in [1.165, 1.54) is 17.2 Å². The van der Waals surface area contributed by atoms with Crippen LogP contribution >= 0.6 is 11.6 Å². The average Bonchev–Trinajstić information content (AvgIpc) is 2.39. The Hall–Kier alpha value is -1.54. The summed E-state index contributed by atoms with van der Waals surface area (Å²) in [5.74, 6) is 0.258. The van der Waals surface area contributed by atoms with E-state index in [-0.39, 0.29) is 10.8 Å². The number of anilines is 1. The lowest BCUT2D eigenvalue weighted by Crippen LogP contribution is -2.34. The zero-order valence-corrected chi connectivity index (χ0v) is 12.1. The van der Waals surface area contributed by atoms with E-state index in [2.05, 4.69) is 36.5 Å². The molecule has 0 bridgehead atoms. The highest BCUT2D eigenvalue weighted by atomic mass is 35.5. The number of hydrogen-bond acceptors (Lipinski definition) is 1. The molecule has 3 rings (SSSR count). The van der Waals surface area contributed by atoms with Crippen LogP contribution in [0.15, 0.2) is 42.5 Å². The Labute approximate surface area is 123 Å². The van der Waals surface area contributed by atoms with Crippen LogP contribution in [0.5, 0.6) is 0 Å². The van der Waals surface area contributed by atoms with E-state index < -0.39 is 0 Å². The number of nitrogens with one attached hydrogen (secondary N) is 1. The van der Waals surface area contributed by atoms with Crippen LogP contribution in [0.25, 0.3) is 0 Å². The number of aryl methyl sites for hydroxylation is 1. The smallest absolute Gasteiger partial charge is 0.141 e. The van der Waals surface area contributed by atoms with Crippen LogP contribution in [0, 0.1) is 12.7 Å². The van der Waals surface area contributed by atoms with E-state index in [1.54, 1.807) is 12.1 Å². The fourth-order valence-electron chi connectivity index (χ4n) is 2.86. The molecule has 20 heavy (non-hydrogen) atoms. The number of hydrogen-bond donors (Lipinski definition) is 1. The van der Waals surface area contributed by atoms with E-state index in [9.17, 15) is 4.39 Å². The zero-order valence-electron chi connectivity index (χ0n) is 11.4. The molecule has 0 spiro atoms. The summed E-state index contributed by atoms with van der Waals surface area (Å²) in [6.07, 6.45) is 2.22. The fraction of sp³-hybridized carbons (Fsp3) is 0.294. The third-order valence-electron chi connectivity index (χ3n) is 4.06. The van der Waals surface area contributed by atoms with E-state index >= 15 is 0 Å². The summed E-state index contributed by atoms with van der Waals surface area (Å²) in [7, 11) is 0. The first-order valence-corrected chi connectivity index (χ1v) is 7.28. The number of rotatable bonds is 3.